The number of ketones is 1. The van der Waals surface area contributed by atoms with Gasteiger partial charge in [-0.25, -0.2) is 0 Å². The van der Waals surface area contributed by atoms with Crippen molar-refractivity contribution in [2.45, 2.75) is 76.3 Å². The number of carboxylic acids is 3. The van der Waals surface area contributed by atoms with E-state index < -0.39 is 48.4 Å². The molecule has 0 radical (unpaired) electrons. The van der Waals surface area contributed by atoms with Gasteiger partial charge in [-0.2, -0.15) is 11.8 Å². The average Bonchev–Trinajstić information content (AvgIpc) is 3.30. The SMILES string of the molecule is N[C@@H](CCC(=O)N[C@H](CSCCCCC/C=C/C=C1/C(=O)C=C[C@@H]1C/C=C\CCCC(=O)O)C(=O)NCC(=O)O)C(=O)O. The fourth-order valence-corrected chi connectivity index (χ4v) is 5.03. The van der Waals surface area contributed by atoms with Gasteiger partial charge in [0, 0.05) is 30.1 Å². The van der Waals surface area contributed by atoms with Crippen molar-refractivity contribution in [3.8, 4) is 0 Å². The summed E-state index contributed by atoms with van der Waals surface area (Å²) in [6.07, 6.45) is 18.6. The molecule has 2 amide bonds. The Morgan fingerprint density at radius 1 is 0.953 bits per heavy atom. The number of carboxylic acid groups (broad SMARTS) is 3. The summed E-state index contributed by atoms with van der Waals surface area (Å²) in [5.41, 5.74) is 6.15. The van der Waals surface area contributed by atoms with Gasteiger partial charge in [-0.15, -0.1) is 0 Å². The lowest BCUT2D eigenvalue weighted by Crippen LogP contribution is -2.49. The number of nitrogens with two attached hydrogens (primary N) is 1. The van der Waals surface area contributed by atoms with Crippen molar-refractivity contribution in [1.29, 1.82) is 0 Å². The molecule has 0 aliphatic heterocycles. The van der Waals surface area contributed by atoms with Gasteiger partial charge in [0.1, 0.15) is 18.6 Å². The van der Waals surface area contributed by atoms with Crippen LogP contribution in [0.2, 0.25) is 0 Å². The number of hydrogen-bond acceptors (Lipinski definition) is 8. The molecule has 3 atom stereocenters. The number of unbranched alkanes of at least 4 members (excludes halogenated alkanes) is 4. The Morgan fingerprint density at radius 3 is 2.40 bits per heavy atom. The molecule has 0 unspecified atom stereocenters. The van der Waals surface area contributed by atoms with E-state index in [1.165, 1.54) is 11.8 Å². The van der Waals surface area contributed by atoms with Crippen molar-refractivity contribution in [3.63, 3.8) is 0 Å². The fourth-order valence-electron chi connectivity index (χ4n) is 3.99. The van der Waals surface area contributed by atoms with Crippen LogP contribution in [-0.2, 0) is 28.8 Å². The van der Waals surface area contributed by atoms with Crippen LogP contribution >= 0.6 is 11.8 Å². The van der Waals surface area contributed by atoms with Crippen molar-refractivity contribution < 1.29 is 44.1 Å². The summed E-state index contributed by atoms with van der Waals surface area (Å²) in [7, 11) is 0. The minimum absolute atomic E-state index is 0.000855. The molecule has 12 nitrogen and oxygen atoms in total. The second kappa shape index (κ2) is 21.9. The van der Waals surface area contributed by atoms with Crippen molar-refractivity contribution >= 4 is 47.3 Å². The van der Waals surface area contributed by atoms with Crippen LogP contribution in [0, 0.1) is 5.92 Å². The molecule has 1 aliphatic rings. The Labute approximate surface area is 255 Å². The highest BCUT2D eigenvalue weighted by atomic mass is 32.2. The minimum atomic E-state index is -1.23. The highest BCUT2D eigenvalue weighted by Gasteiger charge is 2.23. The number of thioether (sulfide) groups is 1. The molecular weight excluding hydrogens is 578 g/mol. The zero-order valence-corrected chi connectivity index (χ0v) is 25.1. The number of rotatable bonds is 23. The van der Waals surface area contributed by atoms with Gasteiger partial charge in [-0.3, -0.25) is 28.8 Å². The summed E-state index contributed by atoms with van der Waals surface area (Å²) in [6.45, 7) is -0.581. The van der Waals surface area contributed by atoms with E-state index in [4.69, 9.17) is 21.1 Å². The molecule has 1 aliphatic carbocycles. The van der Waals surface area contributed by atoms with Crippen LogP contribution in [0.4, 0.5) is 0 Å². The Balaban J connectivity index is 2.37. The first-order valence-electron chi connectivity index (χ1n) is 14.3. The summed E-state index contributed by atoms with van der Waals surface area (Å²) < 4.78 is 0. The summed E-state index contributed by atoms with van der Waals surface area (Å²) in [5.74, 6) is -3.44. The van der Waals surface area contributed by atoms with E-state index in [1.807, 2.05) is 36.5 Å². The largest absolute Gasteiger partial charge is 0.481 e. The normalized spacial score (nSPS) is 17.0. The Bertz CT molecular complexity index is 1080. The Hall–Kier alpha value is -3.71. The monoisotopic (exact) mass is 621 g/mol. The molecule has 0 fully saturated rings. The maximum absolute atomic E-state index is 12.4. The third kappa shape index (κ3) is 17.8. The molecule has 13 heteroatoms. The predicted molar refractivity (Wildman–Crippen MR) is 163 cm³/mol. The van der Waals surface area contributed by atoms with Crippen molar-refractivity contribution in [2.24, 2.45) is 11.7 Å². The third-order valence-electron chi connectivity index (χ3n) is 6.40. The van der Waals surface area contributed by atoms with E-state index in [9.17, 15) is 28.8 Å². The Kier molecular flexibility index (Phi) is 19.0. The first-order chi connectivity index (χ1) is 20.5. The van der Waals surface area contributed by atoms with Gasteiger partial charge in [0.05, 0.1) is 0 Å². The molecule has 0 bridgehead atoms. The lowest BCUT2D eigenvalue weighted by Gasteiger charge is -2.18. The number of hydrogen-bond donors (Lipinski definition) is 6. The molecule has 43 heavy (non-hydrogen) atoms. The topological polar surface area (TPSA) is 213 Å². The number of carbonyl (C=O) groups excluding carboxylic acids is 3. The maximum atomic E-state index is 12.4. The molecule has 1 rings (SSSR count). The molecule has 0 aromatic heterocycles. The maximum Gasteiger partial charge on any atom is 0.322 e. The van der Waals surface area contributed by atoms with Gasteiger partial charge in [0.25, 0.3) is 0 Å². The number of aliphatic carboxylic acids is 3. The number of carbonyl (C=O) groups is 6. The second-order valence-corrected chi connectivity index (χ2v) is 11.2. The van der Waals surface area contributed by atoms with Crippen LogP contribution in [0.3, 0.4) is 0 Å². The summed E-state index contributed by atoms with van der Waals surface area (Å²) in [4.78, 5) is 68.9. The van der Waals surface area contributed by atoms with Crippen molar-refractivity contribution in [3.05, 3.63) is 48.1 Å². The fraction of sp³-hybridized carbons (Fsp3) is 0.533. The molecule has 0 aromatic rings. The first-order valence-corrected chi connectivity index (χ1v) is 15.5. The summed E-state index contributed by atoms with van der Waals surface area (Å²) in [5, 5.41) is 31.1. The van der Waals surface area contributed by atoms with E-state index in [-0.39, 0.29) is 36.7 Å². The predicted octanol–water partition coefficient (Wildman–Crippen LogP) is 2.60. The summed E-state index contributed by atoms with van der Waals surface area (Å²) >= 11 is 1.45. The molecule has 238 valence electrons. The van der Waals surface area contributed by atoms with Gasteiger partial charge in [-0.1, -0.05) is 42.9 Å². The van der Waals surface area contributed by atoms with E-state index in [1.54, 1.807) is 6.08 Å². The zero-order valence-electron chi connectivity index (χ0n) is 24.2. The second-order valence-electron chi connectivity index (χ2n) is 10.0. The van der Waals surface area contributed by atoms with Crippen LogP contribution in [0.1, 0.15) is 64.2 Å². The average molecular weight is 622 g/mol. The van der Waals surface area contributed by atoms with Gasteiger partial charge in [-0.05, 0) is 56.8 Å². The van der Waals surface area contributed by atoms with E-state index in [0.29, 0.717) is 19.3 Å². The Morgan fingerprint density at radius 2 is 1.70 bits per heavy atom. The number of nitrogens with one attached hydrogen (secondary N) is 2. The van der Waals surface area contributed by atoms with Gasteiger partial charge >= 0.3 is 17.9 Å². The number of amides is 2. The molecule has 0 saturated carbocycles. The van der Waals surface area contributed by atoms with Gasteiger partial charge < -0.3 is 31.7 Å². The molecule has 0 aromatic carbocycles. The first kappa shape index (κ1) is 37.3. The van der Waals surface area contributed by atoms with Crippen LogP contribution in [0.15, 0.2) is 48.1 Å². The molecule has 0 spiro atoms. The minimum Gasteiger partial charge on any atom is -0.481 e. The molecule has 0 saturated heterocycles. The molecular formula is C30H43N3O9S. The van der Waals surface area contributed by atoms with E-state index in [2.05, 4.69) is 10.6 Å². The standard InChI is InChI=1S/C30H43N3O9S/c31-23(30(41)42)15-17-26(35)33-24(29(40)32-19-28(38)39)20-43-18-10-6-2-1-3-8-12-22-21(14-16-25(22)34)11-7-4-5-9-13-27(36)37/h3-4,7-8,12,14,16,21,23-24H,1-2,5-6,9-11,13,15,17-20,31H2,(H,32,40)(H,33,35)(H,36,37)(H,38,39)(H,41,42)/b7-4-,8-3+,22-12+/t21-,23-,24+/m0/s1. The van der Waals surface area contributed by atoms with Crippen LogP contribution in [0.25, 0.3) is 0 Å². The lowest BCUT2D eigenvalue weighted by molar-refractivity contribution is -0.139. The third-order valence-corrected chi connectivity index (χ3v) is 7.55. The number of allylic oxidation sites excluding steroid dienone is 8. The van der Waals surface area contributed by atoms with Gasteiger partial charge in [0.2, 0.25) is 11.8 Å². The van der Waals surface area contributed by atoms with Crippen molar-refractivity contribution in [2.75, 3.05) is 18.1 Å². The lowest BCUT2D eigenvalue weighted by atomic mass is 9.97. The highest BCUT2D eigenvalue weighted by Crippen LogP contribution is 2.25. The van der Waals surface area contributed by atoms with Crippen molar-refractivity contribution in [1.82, 2.24) is 10.6 Å². The summed E-state index contributed by atoms with van der Waals surface area (Å²) in [6, 6.07) is -2.15. The smallest absolute Gasteiger partial charge is 0.322 e. The molecule has 0 heterocycles. The quantitative estimate of drug-likeness (QED) is 0.0554. The molecule has 7 N–H and O–H groups in total. The van der Waals surface area contributed by atoms with E-state index in [0.717, 1.165) is 37.0 Å². The van der Waals surface area contributed by atoms with Crippen LogP contribution < -0.4 is 16.4 Å². The van der Waals surface area contributed by atoms with Crippen LogP contribution in [-0.4, -0.2) is 81.0 Å². The highest BCUT2D eigenvalue weighted by molar-refractivity contribution is 7.99. The van der Waals surface area contributed by atoms with E-state index >= 15 is 0 Å². The zero-order chi connectivity index (χ0) is 32.0. The van der Waals surface area contributed by atoms with Crippen LogP contribution in [0.5, 0.6) is 0 Å². The van der Waals surface area contributed by atoms with Gasteiger partial charge in [0.15, 0.2) is 5.78 Å².